The summed E-state index contributed by atoms with van der Waals surface area (Å²) < 4.78 is 23.4. The minimum atomic E-state index is -0.934. The van der Waals surface area contributed by atoms with Crippen LogP contribution < -0.4 is 14.8 Å². The summed E-state index contributed by atoms with van der Waals surface area (Å²) in [6.45, 7) is 11.8. The largest absolute Gasteiger partial charge is 0.497 e. The number of carbonyl (C=O) groups excluding carboxylic acids is 3. The Hall–Kier alpha value is -3.63. The van der Waals surface area contributed by atoms with Crippen LogP contribution in [0.5, 0.6) is 11.6 Å². The summed E-state index contributed by atoms with van der Waals surface area (Å²) in [7, 11) is 1.60. The van der Waals surface area contributed by atoms with Crippen molar-refractivity contribution in [2.24, 2.45) is 23.2 Å². The fourth-order valence-electron chi connectivity index (χ4n) is 6.24. The number of amides is 2. The number of aromatic nitrogens is 2. The lowest BCUT2D eigenvalue weighted by molar-refractivity contribution is -0.156. The number of nitrogens with zero attached hydrogens (tertiary/aromatic N) is 3. The number of aryl methyl sites for hydroxylation is 1. The summed E-state index contributed by atoms with van der Waals surface area (Å²) in [6.07, 6.45) is 4.06. The normalized spacial score (nSPS) is 27.8. The molecule has 3 heterocycles. The van der Waals surface area contributed by atoms with E-state index in [1.165, 1.54) is 4.90 Å². The van der Waals surface area contributed by atoms with Crippen molar-refractivity contribution in [3.05, 3.63) is 23.9 Å². The molecule has 2 fully saturated rings. The van der Waals surface area contributed by atoms with Crippen molar-refractivity contribution >= 4 is 29.0 Å². The molecule has 0 unspecified atom stereocenters. The van der Waals surface area contributed by atoms with E-state index in [9.17, 15) is 14.4 Å². The van der Waals surface area contributed by atoms with Gasteiger partial charge in [0.1, 0.15) is 35.7 Å². The molecule has 1 aromatic carbocycles. The standard InChI is InChI=1S/C34H48N4O7/c1-19(2)18-43-32(40)28-20(3)27-17-38(28)31(39)29(34(4,5)6)37-33(41)45-26-15-21(26)11-9-8-10-12-24-30(44-27)36-25-16-22(42-7)13-14-23(25)35-24/h13-14,16,19-21,26-29H,8-12,15,17-18H2,1-7H3,(H,37,41)/t20-,21-,26-,27+,28+,29-/m1/s1. The van der Waals surface area contributed by atoms with Gasteiger partial charge < -0.3 is 29.2 Å². The first-order valence-electron chi connectivity index (χ1n) is 16.3. The number of hydrogen-bond acceptors (Lipinski definition) is 9. The third-order valence-electron chi connectivity index (χ3n) is 9.03. The predicted molar refractivity (Wildman–Crippen MR) is 168 cm³/mol. The first-order valence-corrected chi connectivity index (χ1v) is 16.3. The number of hydrogen-bond donors (Lipinski definition) is 1. The van der Waals surface area contributed by atoms with Gasteiger partial charge in [-0.05, 0) is 55.1 Å². The second kappa shape index (κ2) is 13.4. The number of fused-ring (bicyclic) bond motifs is 5. The van der Waals surface area contributed by atoms with Crippen LogP contribution in [0.1, 0.15) is 79.3 Å². The van der Waals surface area contributed by atoms with Crippen molar-refractivity contribution in [3.63, 3.8) is 0 Å². The molecule has 2 bridgehead atoms. The molecule has 1 aliphatic carbocycles. The van der Waals surface area contributed by atoms with Crippen molar-refractivity contribution < 1.29 is 33.3 Å². The summed E-state index contributed by atoms with van der Waals surface area (Å²) in [6, 6.07) is 3.73. The first-order chi connectivity index (χ1) is 21.3. The lowest BCUT2D eigenvalue weighted by Gasteiger charge is -2.35. The monoisotopic (exact) mass is 624 g/mol. The van der Waals surface area contributed by atoms with Crippen LogP contribution in [0.25, 0.3) is 11.0 Å². The summed E-state index contributed by atoms with van der Waals surface area (Å²) in [5, 5.41) is 2.84. The third kappa shape index (κ3) is 7.61. The van der Waals surface area contributed by atoms with Gasteiger partial charge >= 0.3 is 12.1 Å². The summed E-state index contributed by atoms with van der Waals surface area (Å²) in [5.41, 5.74) is 1.47. The lowest BCUT2D eigenvalue weighted by Crippen LogP contribution is -2.57. The van der Waals surface area contributed by atoms with Gasteiger partial charge in [-0.25, -0.2) is 19.6 Å². The zero-order valence-corrected chi connectivity index (χ0v) is 27.6. The van der Waals surface area contributed by atoms with Gasteiger partial charge in [0.05, 0.1) is 31.3 Å². The molecule has 2 aromatic rings. The molecule has 1 aromatic heterocycles. The maximum atomic E-state index is 14.3. The Kier molecular flexibility index (Phi) is 9.74. The molecule has 0 radical (unpaired) electrons. The van der Waals surface area contributed by atoms with Gasteiger partial charge in [0, 0.05) is 12.0 Å². The molecular formula is C34H48N4O7. The van der Waals surface area contributed by atoms with E-state index in [0.29, 0.717) is 29.5 Å². The summed E-state index contributed by atoms with van der Waals surface area (Å²) in [4.78, 5) is 52.3. The number of rotatable bonds is 4. The van der Waals surface area contributed by atoms with Gasteiger partial charge in [-0.3, -0.25) is 4.79 Å². The number of carbonyl (C=O) groups is 3. The lowest BCUT2D eigenvalue weighted by atomic mass is 9.85. The zero-order valence-electron chi connectivity index (χ0n) is 27.6. The van der Waals surface area contributed by atoms with Crippen LogP contribution in [0, 0.1) is 23.2 Å². The second-order valence-electron chi connectivity index (χ2n) is 14.3. The molecule has 1 N–H and O–H groups in total. The van der Waals surface area contributed by atoms with E-state index < -0.39 is 41.6 Å². The highest BCUT2D eigenvalue weighted by molar-refractivity contribution is 5.91. The molecule has 5 rings (SSSR count). The Labute approximate surface area is 265 Å². The van der Waals surface area contributed by atoms with Gasteiger partial charge in [-0.2, -0.15) is 0 Å². The maximum absolute atomic E-state index is 14.3. The Morgan fingerprint density at radius 1 is 1.09 bits per heavy atom. The maximum Gasteiger partial charge on any atom is 0.408 e. The Morgan fingerprint density at radius 2 is 1.87 bits per heavy atom. The molecule has 6 atom stereocenters. The van der Waals surface area contributed by atoms with Crippen LogP contribution >= 0.6 is 0 Å². The number of benzene rings is 1. The molecule has 3 aliphatic rings. The van der Waals surface area contributed by atoms with Gasteiger partial charge in [0.2, 0.25) is 11.8 Å². The van der Waals surface area contributed by atoms with Gasteiger partial charge in [0.25, 0.3) is 0 Å². The Morgan fingerprint density at radius 3 is 2.58 bits per heavy atom. The number of alkyl carbamates (subject to hydrolysis) is 1. The highest BCUT2D eigenvalue weighted by Crippen LogP contribution is 2.39. The molecular weight excluding hydrogens is 576 g/mol. The molecule has 246 valence electrons. The van der Waals surface area contributed by atoms with Crippen LogP contribution in [0.2, 0.25) is 0 Å². The average Bonchev–Trinajstić information content (AvgIpc) is 3.63. The molecule has 45 heavy (non-hydrogen) atoms. The van der Waals surface area contributed by atoms with E-state index in [2.05, 4.69) is 5.32 Å². The minimum absolute atomic E-state index is 0.118. The van der Waals surface area contributed by atoms with Crippen molar-refractivity contribution in [2.45, 2.75) is 104 Å². The first kappa shape index (κ1) is 32.8. The second-order valence-corrected chi connectivity index (χ2v) is 14.3. The fraction of sp³-hybridized carbons (Fsp3) is 0.676. The third-order valence-corrected chi connectivity index (χ3v) is 9.03. The van der Waals surface area contributed by atoms with Gasteiger partial charge in [-0.15, -0.1) is 0 Å². The minimum Gasteiger partial charge on any atom is -0.497 e. The summed E-state index contributed by atoms with van der Waals surface area (Å²) >= 11 is 0. The number of ether oxygens (including phenoxy) is 4. The molecule has 2 aliphatic heterocycles. The van der Waals surface area contributed by atoms with Crippen LogP contribution in [0.4, 0.5) is 4.79 Å². The quantitative estimate of drug-likeness (QED) is 0.463. The smallest absolute Gasteiger partial charge is 0.408 e. The van der Waals surface area contributed by atoms with E-state index in [1.807, 2.05) is 59.7 Å². The molecule has 1 saturated carbocycles. The van der Waals surface area contributed by atoms with Crippen LogP contribution in [0.15, 0.2) is 18.2 Å². The van der Waals surface area contributed by atoms with Crippen molar-refractivity contribution in [1.82, 2.24) is 20.2 Å². The average molecular weight is 625 g/mol. The zero-order chi connectivity index (χ0) is 32.5. The van der Waals surface area contributed by atoms with E-state index in [0.717, 1.165) is 43.3 Å². The summed E-state index contributed by atoms with van der Waals surface area (Å²) in [5.74, 6) is 0.211. The fourth-order valence-corrected chi connectivity index (χ4v) is 6.24. The molecule has 11 heteroatoms. The highest BCUT2D eigenvalue weighted by Gasteiger charge is 2.51. The topological polar surface area (TPSA) is 129 Å². The predicted octanol–water partition coefficient (Wildman–Crippen LogP) is 5.08. The van der Waals surface area contributed by atoms with Crippen molar-refractivity contribution in [3.8, 4) is 11.6 Å². The van der Waals surface area contributed by atoms with E-state index in [4.69, 9.17) is 28.9 Å². The Bertz CT molecular complexity index is 1410. The van der Waals surface area contributed by atoms with Gasteiger partial charge in [-0.1, -0.05) is 54.4 Å². The van der Waals surface area contributed by atoms with E-state index in [-0.39, 0.29) is 31.1 Å². The Balaban J connectivity index is 1.52. The van der Waals surface area contributed by atoms with Crippen molar-refractivity contribution in [1.29, 1.82) is 0 Å². The van der Waals surface area contributed by atoms with Crippen molar-refractivity contribution in [2.75, 3.05) is 20.3 Å². The SMILES string of the molecule is COc1ccc2nc3c(nc2c1)O[C@H]1CN(C(=O)[C@H](C(C)(C)C)NC(=O)O[C@@H]2C[C@H]2CCCCC3)[C@H](C(=O)OCC(C)C)[C@@H]1C. The van der Waals surface area contributed by atoms with Crippen LogP contribution in [-0.2, 0) is 25.5 Å². The molecule has 11 nitrogen and oxygen atoms in total. The number of esters is 1. The van der Waals surface area contributed by atoms with E-state index >= 15 is 0 Å². The number of methoxy groups -OCH3 is 1. The molecule has 1 saturated heterocycles. The van der Waals surface area contributed by atoms with Gasteiger partial charge in [0.15, 0.2) is 0 Å². The molecule has 2 amide bonds. The number of nitrogens with one attached hydrogen (secondary N) is 1. The molecule has 0 spiro atoms. The van der Waals surface area contributed by atoms with Crippen LogP contribution in [-0.4, -0.2) is 77.4 Å². The highest BCUT2D eigenvalue weighted by atomic mass is 16.6. The van der Waals surface area contributed by atoms with E-state index in [1.54, 1.807) is 7.11 Å². The van der Waals surface area contributed by atoms with Crippen LogP contribution in [0.3, 0.4) is 0 Å².